The highest BCUT2D eigenvalue weighted by Gasteiger charge is 2.48. The molecule has 0 spiro atoms. The van der Waals surface area contributed by atoms with Gasteiger partial charge in [0.25, 0.3) is 0 Å². The Morgan fingerprint density at radius 1 is 0.377 bits per heavy atom. The number of hydrogen-bond acceptors (Lipinski definition) is 16. The van der Waals surface area contributed by atoms with E-state index in [0.717, 1.165) is 0 Å². The van der Waals surface area contributed by atoms with E-state index in [2.05, 4.69) is 5.32 Å². The van der Waals surface area contributed by atoms with Crippen LogP contribution in [-0.4, -0.2) is 214 Å². The summed E-state index contributed by atoms with van der Waals surface area (Å²) in [6, 6.07) is 0. The minimum atomic E-state index is -0.552. The Labute approximate surface area is 318 Å². The van der Waals surface area contributed by atoms with Crippen LogP contribution in [0.15, 0.2) is 0 Å². The minimum Gasteiger partial charge on any atom is -0.382 e. The van der Waals surface area contributed by atoms with E-state index in [1.54, 1.807) is 7.11 Å². The van der Waals surface area contributed by atoms with E-state index in [-0.39, 0.29) is 11.6 Å². The van der Waals surface area contributed by atoms with Gasteiger partial charge in [0.05, 0.1) is 190 Å². The fraction of sp³-hybridized carbons (Fsp3) is 0.972. The Balaban J connectivity index is 1.65. The molecule has 1 saturated heterocycles. The third-order valence-corrected chi connectivity index (χ3v) is 7.43. The summed E-state index contributed by atoms with van der Waals surface area (Å²) in [4.78, 5) is 14.3. The van der Waals surface area contributed by atoms with E-state index in [1.165, 1.54) is 0 Å². The molecule has 1 heterocycles. The minimum absolute atomic E-state index is 0.0878. The van der Waals surface area contributed by atoms with Gasteiger partial charge < -0.3 is 71.2 Å². The highest BCUT2D eigenvalue weighted by Crippen LogP contribution is 2.27. The summed E-state index contributed by atoms with van der Waals surface area (Å²) in [6.45, 7) is 22.1. The first-order chi connectivity index (χ1) is 25.8. The van der Waals surface area contributed by atoms with Crippen LogP contribution in [0.25, 0.3) is 0 Å². The molecule has 0 saturated carbocycles. The quantitative estimate of drug-likeness (QED) is 0.0867. The Morgan fingerprint density at radius 3 is 0.774 bits per heavy atom. The van der Waals surface area contributed by atoms with Crippen LogP contribution in [0.1, 0.15) is 27.7 Å². The number of hydrogen-bond donors (Lipinski definition) is 1. The Bertz CT molecular complexity index is 813. The normalized spacial score (nSPS) is 15.3. The molecule has 1 rings (SSSR count). The van der Waals surface area contributed by atoms with Crippen LogP contribution in [0, 0.1) is 0 Å². The zero-order valence-electron chi connectivity index (χ0n) is 33.4. The van der Waals surface area contributed by atoms with Crippen molar-refractivity contribution in [3.8, 4) is 0 Å². The summed E-state index contributed by atoms with van der Waals surface area (Å²) >= 11 is 0. The van der Waals surface area contributed by atoms with Crippen LogP contribution < -0.4 is 5.32 Å². The summed E-state index contributed by atoms with van der Waals surface area (Å²) in [5.41, 5.74) is -0.937. The monoisotopic (exact) mass is 772 g/mol. The van der Waals surface area contributed by atoms with Gasteiger partial charge in [-0.3, -0.25) is 10.1 Å². The standard InChI is InChI=1S/C36H72N2O15/c1-35(2)34(39)38(36(3,4)37-35)6-7-41-10-11-43-14-15-45-18-19-47-22-23-49-26-27-51-30-31-53-33-32-52-29-28-50-25-24-48-21-20-46-17-16-44-13-12-42-9-8-40-5/h37H,6-33H2,1-5H3. The molecule has 0 bridgehead atoms. The molecular formula is C36H72N2O15. The van der Waals surface area contributed by atoms with E-state index < -0.39 is 5.54 Å². The molecule has 17 heteroatoms. The van der Waals surface area contributed by atoms with E-state index in [4.69, 9.17) is 66.3 Å². The molecule has 0 aliphatic carbocycles. The molecule has 0 unspecified atom stereocenters. The molecule has 53 heavy (non-hydrogen) atoms. The SMILES string of the molecule is COCCOCCOCCOCCOCCOCCOCCOCCOCCOCCOCCOCCOCCOCCN1C(=O)C(C)(C)NC1(C)C. The molecule has 316 valence electrons. The van der Waals surface area contributed by atoms with Crippen LogP contribution in [0.3, 0.4) is 0 Å². The van der Waals surface area contributed by atoms with Gasteiger partial charge in [0.15, 0.2) is 0 Å². The van der Waals surface area contributed by atoms with Gasteiger partial charge in [0.1, 0.15) is 0 Å². The number of nitrogens with zero attached hydrogens (tertiary/aromatic N) is 1. The molecule has 1 aliphatic heterocycles. The van der Waals surface area contributed by atoms with E-state index in [0.29, 0.717) is 185 Å². The van der Waals surface area contributed by atoms with Crippen molar-refractivity contribution in [3.63, 3.8) is 0 Å². The van der Waals surface area contributed by atoms with Crippen molar-refractivity contribution in [3.05, 3.63) is 0 Å². The van der Waals surface area contributed by atoms with Gasteiger partial charge in [-0.15, -0.1) is 0 Å². The van der Waals surface area contributed by atoms with Gasteiger partial charge in [-0.25, -0.2) is 0 Å². The Kier molecular flexibility index (Phi) is 33.2. The van der Waals surface area contributed by atoms with Gasteiger partial charge in [-0.2, -0.15) is 0 Å². The van der Waals surface area contributed by atoms with Crippen molar-refractivity contribution in [1.29, 1.82) is 0 Å². The highest BCUT2D eigenvalue weighted by atomic mass is 16.6. The van der Waals surface area contributed by atoms with Crippen LogP contribution in [0.2, 0.25) is 0 Å². The summed E-state index contributed by atoms with van der Waals surface area (Å²) in [5, 5.41) is 3.35. The smallest absolute Gasteiger partial charge is 0.243 e. The van der Waals surface area contributed by atoms with Gasteiger partial charge in [-0.1, -0.05) is 0 Å². The first-order valence-corrected chi connectivity index (χ1v) is 18.9. The zero-order chi connectivity index (χ0) is 38.6. The summed E-state index contributed by atoms with van der Waals surface area (Å²) < 4.78 is 76.1. The largest absolute Gasteiger partial charge is 0.382 e. The van der Waals surface area contributed by atoms with Crippen LogP contribution >= 0.6 is 0 Å². The van der Waals surface area contributed by atoms with Crippen LogP contribution in [-0.2, 0) is 71.1 Å². The number of nitrogens with one attached hydrogen (secondary N) is 1. The van der Waals surface area contributed by atoms with Crippen LogP contribution in [0.4, 0.5) is 0 Å². The number of rotatable bonds is 42. The van der Waals surface area contributed by atoms with Gasteiger partial charge in [-0.05, 0) is 27.7 Å². The second kappa shape index (κ2) is 35.3. The predicted octanol–water partition coefficient (Wildman–Crippen LogP) is 0.795. The molecule has 1 fully saturated rings. The van der Waals surface area contributed by atoms with Crippen molar-refractivity contribution < 1.29 is 71.1 Å². The van der Waals surface area contributed by atoms with Gasteiger partial charge in [0.2, 0.25) is 5.91 Å². The van der Waals surface area contributed by atoms with Gasteiger partial charge in [0, 0.05) is 13.7 Å². The van der Waals surface area contributed by atoms with Crippen molar-refractivity contribution in [2.45, 2.75) is 38.9 Å². The number of ether oxygens (including phenoxy) is 14. The van der Waals surface area contributed by atoms with E-state index >= 15 is 0 Å². The summed E-state index contributed by atoms with van der Waals surface area (Å²) in [6.07, 6.45) is 0. The van der Waals surface area contributed by atoms with Crippen molar-refractivity contribution >= 4 is 5.91 Å². The van der Waals surface area contributed by atoms with Crippen molar-refractivity contribution in [2.75, 3.05) is 192 Å². The van der Waals surface area contributed by atoms with Crippen LogP contribution in [0.5, 0.6) is 0 Å². The third-order valence-electron chi connectivity index (χ3n) is 7.43. The second-order valence-corrected chi connectivity index (χ2v) is 12.7. The lowest BCUT2D eigenvalue weighted by Gasteiger charge is -2.31. The average Bonchev–Trinajstić information content (AvgIpc) is 3.29. The Hall–Kier alpha value is -1.13. The molecule has 0 aromatic heterocycles. The second-order valence-electron chi connectivity index (χ2n) is 12.7. The molecule has 0 aromatic rings. The molecule has 0 radical (unpaired) electrons. The number of carbonyl (C=O) groups excluding carboxylic acids is 1. The lowest BCUT2D eigenvalue weighted by atomic mass is 10.1. The summed E-state index contributed by atoms with van der Waals surface area (Å²) in [7, 11) is 1.64. The fourth-order valence-electron chi connectivity index (χ4n) is 4.90. The zero-order valence-corrected chi connectivity index (χ0v) is 33.4. The lowest BCUT2D eigenvalue weighted by Crippen LogP contribution is -2.49. The van der Waals surface area contributed by atoms with Crippen molar-refractivity contribution in [2.24, 2.45) is 0 Å². The third kappa shape index (κ3) is 29.8. The maximum absolute atomic E-state index is 12.5. The number of amides is 1. The highest BCUT2D eigenvalue weighted by molar-refractivity contribution is 5.88. The number of methoxy groups -OCH3 is 1. The maximum Gasteiger partial charge on any atom is 0.243 e. The molecule has 1 amide bonds. The Morgan fingerprint density at radius 2 is 0.585 bits per heavy atom. The predicted molar refractivity (Wildman–Crippen MR) is 196 cm³/mol. The van der Waals surface area contributed by atoms with Crippen molar-refractivity contribution in [1.82, 2.24) is 10.2 Å². The van der Waals surface area contributed by atoms with E-state index in [1.807, 2.05) is 32.6 Å². The molecule has 17 nitrogen and oxygen atoms in total. The molecule has 0 aromatic carbocycles. The molecular weight excluding hydrogens is 700 g/mol. The number of carbonyl (C=O) groups is 1. The fourth-order valence-corrected chi connectivity index (χ4v) is 4.90. The summed E-state index contributed by atoms with van der Waals surface area (Å²) in [5.74, 6) is 0.0878. The lowest BCUT2D eigenvalue weighted by molar-refractivity contribution is -0.134. The van der Waals surface area contributed by atoms with E-state index in [9.17, 15) is 4.79 Å². The van der Waals surface area contributed by atoms with Gasteiger partial charge >= 0.3 is 0 Å². The first-order valence-electron chi connectivity index (χ1n) is 18.9. The topological polar surface area (TPSA) is 162 Å². The molecule has 0 atom stereocenters. The average molecular weight is 773 g/mol. The molecule has 1 N–H and O–H groups in total. The maximum atomic E-state index is 12.5. The molecule has 1 aliphatic rings. The first kappa shape index (κ1) is 49.9.